The largest absolute Gasteiger partial charge is 0.367 e. The third kappa shape index (κ3) is 4.36. The van der Waals surface area contributed by atoms with Crippen molar-refractivity contribution < 1.29 is 8.42 Å². The second kappa shape index (κ2) is 8.12. The minimum absolute atomic E-state index is 0.142. The van der Waals surface area contributed by atoms with Crippen LogP contribution in [-0.2, 0) is 16.6 Å². The molecule has 2 saturated carbocycles. The summed E-state index contributed by atoms with van der Waals surface area (Å²) in [6.45, 7) is 5.86. The van der Waals surface area contributed by atoms with Crippen molar-refractivity contribution in [1.82, 2.24) is 14.3 Å². The van der Waals surface area contributed by atoms with E-state index in [4.69, 9.17) is 0 Å². The molecular weight excluding hydrogens is 420 g/mol. The summed E-state index contributed by atoms with van der Waals surface area (Å²) in [5.74, 6) is 1.66. The fraction of sp³-hybridized carbons (Fsp3) is 0.440. The Kier molecular flexibility index (Phi) is 5.42. The van der Waals surface area contributed by atoms with Crippen molar-refractivity contribution in [3.63, 3.8) is 0 Å². The zero-order valence-corrected chi connectivity index (χ0v) is 19.7. The molecule has 7 heteroatoms. The molecule has 6 nitrogen and oxygen atoms in total. The standard InChI is InChI=1S/C25H30N4O2S/c1-16(2)32(30,31)29(22-10-11-22)15-18-5-4-6-19(13-18)20-7-12-24-23(14-20)25(27-17(3)26-24)28-21-8-9-21/h4-7,12-14,16,21-22H,8-11,15H2,1-3H3,(H,26,27,28). The molecule has 2 aliphatic rings. The van der Waals surface area contributed by atoms with Crippen LogP contribution in [0.1, 0.15) is 50.9 Å². The number of anilines is 1. The van der Waals surface area contributed by atoms with Crippen molar-refractivity contribution in [2.24, 2.45) is 0 Å². The molecule has 1 N–H and O–H groups in total. The molecule has 1 aromatic heterocycles. The third-order valence-electron chi connectivity index (χ3n) is 6.20. The number of aryl methyl sites for hydroxylation is 1. The zero-order chi connectivity index (χ0) is 22.5. The maximum absolute atomic E-state index is 12.9. The van der Waals surface area contributed by atoms with Crippen LogP contribution in [-0.4, -0.2) is 40.0 Å². The van der Waals surface area contributed by atoms with Gasteiger partial charge in [0.25, 0.3) is 0 Å². The molecule has 3 aromatic rings. The lowest BCUT2D eigenvalue weighted by atomic mass is 10.0. The molecule has 2 aromatic carbocycles. The van der Waals surface area contributed by atoms with Gasteiger partial charge in [-0.2, -0.15) is 4.31 Å². The summed E-state index contributed by atoms with van der Waals surface area (Å²) < 4.78 is 27.5. The van der Waals surface area contributed by atoms with E-state index in [0.29, 0.717) is 12.6 Å². The second-order valence-corrected chi connectivity index (χ2v) is 11.8. The van der Waals surface area contributed by atoms with Crippen molar-refractivity contribution in [2.75, 3.05) is 5.32 Å². The molecule has 1 heterocycles. The van der Waals surface area contributed by atoms with Gasteiger partial charge in [0.15, 0.2) is 0 Å². The summed E-state index contributed by atoms with van der Waals surface area (Å²) >= 11 is 0. The minimum Gasteiger partial charge on any atom is -0.367 e. The lowest BCUT2D eigenvalue weighted by molar-refractivity contribution is 0.394. The monoisotopic (exact) mass is 450 g/mol. The quantitative estimate of drug-likeness (QED) is 0.529. The van der Waals surface area contributed by atoms with Gasteiger partial charge in [-0.25, -0.2) is 18.4 Å². The number of nitrogens with zero attached hydrogens (tertiary/aromatic N) is 3. The van der Waals surface area contributed by atoms with Crippen LogP contribution in [0.5, 0.6) is 0 Å². The van der Waals surface area contributed by atoms with E-state index in [9.17, 15) is 8.42 Å². The van der Waals surface area contributed by atoms with E-state index < -0.39 is 15.3 Å². The molecule has 2 aliphatic carbocycles. The highest BCUT2D eigenvalue weighted by molar-refractivity contribution is 7.89. The van der Waals surface area contributed by atoms with Crippen LogP contribution in [0.2, 0.25) is 0 Å². The van der Waals surface area contributed by atoms with Crippen LogP contribution in [0, 0.1) is 6.92 Å². The van der Waals surface area contributed by atoms with Crippen LogP contribution in [0.15, 0.2) is 42.5 Å². The van der Waals surface area contributed by atoms with E-state index in [1.54, 1.807) is 18.2 Å². The van der Waals surface area contributed by atoms with Gasteiger partial charge in [0.05, 0.1) is 10.8 Å². The predicted molar refractivity (Wildman–Crippen MR) is 129 cm³/mol. The Morgan fingerprint density at radius 3 is 2.47 bits per heavy atom. The molecule has 5 rings (SSSR count). The molecule has 168 valence electrons. The van der Waals surface area contributed by atoms with Crippen LogP contribution in [0.3, 0.4) is 0 Å². The van der Waals surface area contributed by atoms with Crippen molar-refractivity contribution in [2.45, 2.75) is 70.3 Å². The van der Waals surface area contributed by atoms with E-state index in [0.717, 1.165) is 52.1 Å². The second-order valence-electron chi connectivity index (χ2n) is 9.34. The summed E-state index contributed by atoms with van der Waals surface area (Å²) in [5.41, 5.74) is 4.09. The Hall–Kier alpha value is -2.51. The average Bonchev–Trinajstić information content (AvgIpc) is 3.67. The van der Waals surface area contributed by atoms with Gasteiger partial charge in [-0.3, -0.25) is 0 Å². The van der Waals surface area contributed by atoms with Gasteiger partial charge in [-0.1, -0.05) is 24.3 Å². The first-order valence-corrected chi connectivity index (χ1v) is 13.0. The van der Waals surface area contributed by atoms with Crippen LogP contribution in [0.25, 0.3) is 22.0 Å². The van der Waals surface area contributed by atoms with Crippen molar-refractivity contribution in [3.8, 4) is 11.1 Å². The van der Waals surface area contributed by atoms with Gasteiger partial charge < -0.3 is 5.32 Å². The first-order chi connectivity index (χ1) is 15.3. The summed E-state index contributed by atoms with van der Waals surface area (Å²) in [7, 11) is -3.29. The normalized spacial score (nSPS) is 16.8. The smallest absolute Gasteiger partial charge is 0.216 e. The Bertz CT molecular complexity index is 1260. The number of sulfonamides is 1. The average molecular weight is 451 g/mol. The Labute approximate surface area is 190 Å². The van der Waals surface area contributed by atoms with Gasteiger partial charge in [0.1, 0.15) is 11.6 Å². The van der Waals surface area contributed by atoms with E-state index in [-0.39, 0.29) is 6.04 Å². The molecule has 0 atom stereocenters. The van der Waals surface area contributed by atoms with E-state index in [1.807, 2.05) is 25.1 Å². The third-order valence-corrected chi connectivity index (χ3v) is 8.47. The SMILES string of the molecule is Cc1nc(NC2CC2)c2cc(-c3cccc(CN(C4CC4)S(=O)(=O)C(C)C)c3)ccc2n1. The van der Waals surface area contributed by atoms with Crippen LogP contribution >= 0.6 is 0 Å². The van der Waals surface area contributed by atoms with Gasteiger partial charge in [0, 0.05) is 24.0 Å². The molecule has 0 amide bonds. The number of fused-ring (bicyclic) bond motifs is 1. The first kappa shape index (κ1) is 21.3. The summed E-state index contributed by atoms with van der Waals surface area (Å²) in [4.78, 5) is 9.25. The van der Waals surface area contributed by atoms with Crippen molar-refractivity contribution >= 4 is 26.7 Å². The Balaban J connectivity index is 1.48. The lowest BCUT2D eigenvalue weighted by Crippen LogP contribution is -2.37. The number of rotatable bonds is 8. The Morgan fingerprint density at radius 2 is 1.78 bits per heavy atom. The zero-order valence-electron chi connectivity index (χ0n) is 18.9. The molecule has 0 spiro atoms. The van der Waals surface area contributed by atoms with E-state index >= 15 is 0 Å². The minimum atomic E-state index is -3.29. The highest BCUT2D eigenvalue weighted by atomic mass is 32.2. The molecule has 2 fully saturated rings. The topological polar surface area (TPSA) is 75.2 Å². The van der Waals surface area contributed by atoms with Gasteiger partial charge in [-0.05, 0) is 81.3 Å². The van der Waals surface area contributed by atoms with Crippen molar-refractivity contribution in [3.05, 3.63) is 53.9 Å². The van der Waals surface area contributed by atoms with Gasteiger partial charge in [-0.15, -0.1) is 0 Å². The van der Waals surface area contributed by atoms with Gasteiger partial charge >= 0.3 is 0 Å². The van der Waals surface area contributed by atoms with Crippen LogP contribution in [0.4, 0.5) is 5.82 Å². The highest BCUT2D eigenvalue weighted by Gasteiger charge is 2.38. The maximum Gasteiger partial charge on any atom is 0.216 e. The molecule has 0 saturated heterocycles. The van der Waals surface area contributed by atoms with E-state index in [2.05, 4.69) is 39.6 Å². The molecular formula is C25H30N4O2S. The molecule has 0 bridgehead atoms. The lowest BCUT2D eigenvalue weighted by Gasteiger charge is -2.24. The Morgan fingerprint density at radius 1 is 1.03 bits per heavy atom. The van der Waals surface area contributed by atoms with Gasteiger partial charge in [0.2, 0.25) is 10.0 Å². The fourth-order valence-electron chi connectivity index (χ4n) is 4.04. The first-order valence-electron chi connectivity index (χ1n) is 11.5. The predicted octanol–water partition coefficient (Wildman–Crippen LogP) is 4.88. The van der Waals surface area contributed by atoms with E-state index in [1.165, 1.54) is 12.8 Å². The number of hydrogen-bond acceptors (Lipinski definition) is 5. The molecule has 0 unspecified atom stereocenters. The van der Waals surface area contributed by atoms with Crippen molar-refractivity contribution in [1.29, 1.82) is 0 Å². The van der Waals surface area contributed by atoms with Crippen LogP contribution < -0.4 is 5.32 Å². The number of benzene rings is 2. The molecule has 0 aliphatic heterocycles. The summed E-state index contributed by atoms with van der Waals surface area (Å²) in [6.07, 6.45) is 4.27. The fourth-order valence-corrected chi connectivity index (χ4v) is 5.54. The summed E-state index contributed by atoms with van der Waals surface area (Å²) in [5, 5.41) is 4.15. The number of aromatic nitrogens is 2. The number of hydrogen-bond donors (Lipinski definition) is 1. The molecule has 0 radical (unpaired) electrons. The molecule has 32 heavy (non-hydrogen) atoms. The number of nitrogens with one attached hydrogen (secondary N) is 1. The summed E-state index contributed by atoms with van der Waals surface area (Å²) in [6, 6.07) is 15.1. The highest BCUT2D eigenvalue weighted by Crippen LogP contribution is 2.34. The maximum atomic E-state index is 12.9.